The van der Waals surface area contributed by atoms with Gasteiger partial charge in [0.2, 0.25) is 6.79 Å². The Morgan fingerprint density at radius 3 is 2.95 bits per heavy atom. The van der Waals surface area contributed by atoms with Gasteiger partial charge in [-0.15, -0.1) is 0 Å². The average Bonchev–Trinajstić information content (AvgIpc) is 2.94. The van der Waals surface area contributed by atoms with Gasteiger partial charge in [0.25, 0.3) is 5.56 Å². The predicted molar refractivity (Wildman–Crippen MR) is 81.1 cm³/mol. The van der Waals surface area contributed by atoms with E-state index in [0.717, 1.165) is 22.4 Å². The third-order valence-electron chi connectivity index (χ3n) is 3.10. The smallest absolute Gasteiger partial charge is 0.250 e. The normalized spacial score (nSPS) is 12.4. The van der Waals surface area contributed by atoms with E-state index in [4.69, 9.17) is 14.2 Å². The lowest BCUT2D eigenvalue weighted by Crippen LogP contribution is -2.19. The number of aryl methyl sites for hydroxylation is 1. The lowest BCUT2D eigenvalue weighted by atomic mass is 10.3. The average molecular weight is 352 g/mol. The van der Waals surface area contributed by atoms with Gasteiger partial charge in [0.1, 0.15) is 5.75 Å². The van der Waals surface area contributed by atoms with Crippen molar-refractivity contribution in [1.82, 2.24) is 4.57 Å². The Hall–Kier alpha value is -1.95. The largest absolute Gasteiger partial charge is 0.493 e. The highest BCUT2D eigenvalue weighted by Crippen LogP contribution is 2.35. The van der Waals surface area contributed by atoms with Gasteiger partial charge in [0.15, 0.2) is 11.5 Å². The molecule has 0 saturated heterocycles. The number of rotatable bonds is 5. The van der Waals surface area contributed by atoms with Gasteiger partial charge in [0, 0.05) is 29.3 Å². The van der Waals surface area contributed by atoms with Crippen molar-refractivity contribution in [3.63, 3.8) is 0 Å². The number of aromatic nitrogens is 1. The van der Waals surface area contributed by atoms with Gasteiger partial charge < -0.3 is 18.8 Å². The Bertz CT molecular complexity index is 698. The van der Waals surface area contributed by atoms with E-state index in [2.05, 4.69) is 15.9 Å². The third-order valence-corrected chi connectivity index (χ3v) is 3.57. The van der Waals surface area contributed by atoms with Crippen molar-refractivity contribution in [2.45, 2.75) is 13.0 Å². The number of hydrogen-bond donors (Lipinski definition) is 0. The molecule has 2 heterocycles. The SMILES string of the molecule is O=c1ccc(Br)cn1CCCOc1ccc2c(c1)OCO2. The Kier molecular flexibility index (Phi) is 4.15. The van der Waals surface area contributed by atoms with Crippen LogP contribution >= 0.6 is 15.9 Å². The number of pyridine rings is 1. The molecule has 0 unspecified atom stereocenters. The molecule has 1 aromatic carbocycles. The van der Waals surface area contributed by atoms with Crippen LogP contribution in [0.2, 0.25) is 0 Å². The van der Waals surface area contributed by atoms with Crippen molar-refractivity contribution < 1.29 is 14.2 Å². The van der Waals surface area contributed by atoms with Crippen molar-refractivity contribution in [2.24, 2.45) is 0 Å². The van der Waals surface area contributed by atoms with Crippen molar-refractivity contribution in [3.05, 3.63) is 51.4 Å². The van der Waals surface area contributed by atoms with E-state index < -0.39 is 0 Å². The molecule has 5 nitrogen and oxygen atoms in total. The fraction of sp³-hybridized carbons (Fsp3) is 0.267. The number of fused-ring (bicyclic) bond motifs is 1. The Morgan fingerprint density at radius 1 is 1.19 bits per heavy atom. The van der Waals surface area contributed by atoms with Gasteiger partial charge in [0.05, 0.1) is 6.61 Å². The molecule has 0 fully saturated rings. The minimum absolute atomic E-state index is 0.0127. The molecule has 1 aliphatic heterocycles. The van der Waals surface area contributed by atoms with E-state index in [1.807, 2.05) is 18.2 Å². The first-order chi connectivity index (χ1) is 10.2. The minimum Gasteiger partial charge on any atom is -0.493 e. The maximum Gasteiger partial charge on any atom is 0.250 e. The lowest BCUT2D eigenvalue weighted by Gasteiger charge is -2.08. The van der Waals surface area contributed by atoms with Gasteiger partial charge in [-0.2, -0.15) is 0 Å². The Balaban J connectivity index is 1.52. The first-order valence-corrected chi connectivity index (χ1v) is 7.40. The molecule has 0 saturated carbocycles. The summed E-state index contributed by atoms with van der Waals surface area (Å²) >= 11 is 3.35. The molecule has 0 aliphatic carbocycles. The molecule has 21 heavy (non-hydrogen) atoms. The van der Waals surface area contributed by atoms with Crippen LogP contribution in [0, 0.1) is 0 Å². The molecule has 0 bridgehead atoms. The molecule has 1 aromatic heterocycles. The zero-order chi connectivity index (χ0) is 14.7. The molecule has 110 valence electrons. The Labute approximate surface area is 130 Å². The summed E-state index contributed by atoms with van der Waals surface area (Å²) in [6.45, 7) is 1.39. The molecule has 0 amide bonds. The first kappa shape index (κ1) is 14.0. The van der Waals surface area contributed by atoms with Crippen LogP contribution < -0.4 is 19.8 Å². The van der Waals surface area contributed by atoms with Crippen molar-refractivity contribution >= 4 is 15.9 Å². The zero-order valence-corrected chi connectivity index (χ0v) is 12.8. The zero-order valence-electron chi connectivity index (χ0n) is 11.3. The highest BCUT2D eigenvalue weighted by atomic mass is 79.9. The van der Waals surface area contributed by atoms with Gasteiger partial charge in [-0.3, -0.25) is 4.79 Å². The lowest BCUT2D eigenvalue weighted by molar-refractivity contribution is 0.173. The fourth-order valence-electron chi connectivity index (χ4n) is 2.07. The molecule has 2 aromatic rings. The van der Waals surface area contributed by atoms with Crippen LogP contribution in [0.3, 0.4) is 0 Å². The van der Waals surface area contributed by atoms with Gasteiger partial charge in [-0.05, 0) is 40.5 Å². The van der Waals surface area contributed by atoms with E-state index in [1.165, 1.54) is 0 Å². The highest BCUT2D eigenvalue weighted by molar-refractivity contribution is 9.10. The van der Waals surface area contributed by atoms with Crippen LogP contribution in [0.5, 0.6) is 17.2 Å². The predicted octanol–water partition coefficient (Wildman–Crippen LogP) is 2.81. The molecule has 0 radical (unpaired) electrons. The summed E-state index contributed by atoms with van der Waals surface area (Å²) in [7, 11) is 0. The third kappa shape index (κ3) is 3.39. The molecular weight excluding hydrogens is 338 g/mol. The van der Waals surface area contributed by atoms with E-state index >= 15 is 0 Å². The van der Waals surface area contributed by atoms with Gasteiger partial charge >= 0.3 is 0 Å². The summed E-state index contributed by atoms with van der Waals surface area (Å²) in [5.74, 6) is 2.18. The van der Waals surface area contributed by atoms with E-state index in [9.17, 15) is 4.79 Å². The summed E-state index contributed by atoms with van der Waals surface area (Å²) in [4.78, 5) is 11.6. The molecule has 0 N–H and O–H groups in total. The monoisotopic (exact) mass is 351 g/mol. The molecule has 0 spiro atoms. The maximum absolute atomic E-state index is 11.6. The summed E-state index contributed by atoms with van der Waals surface area (Å²) in [5, 5.41) is 0. The first-order valence-electron chi connectivity index (χ1n) is 6.61. The number of benzene rings is 1. The number of ether oxygens (including phenoxy) is 3. The molecule has 1 aliphatic rings. The van der Waals surface area contributed by atoms with Crippen LogP contribution in [-0.4, -0.2) is 18.0 Å². The second-order valence-corrected chi connectivity index (χ2v) is 5.51. The molecular formula is C15H14BrNO4. The second kappa shape index (κ2) is 6.22. The van der Waals surface area contributed by atoms with Crippen LogP contribution in [0.25, 0.3) is 0 Å². The van der Waals surface area contributed by atoms with Crippen LogP contribution in [0.4, 0.5) is 0 Å². The molecule has 3 rings (SSSR count). The standard InChI is InChI=1S/C15H14BrNO4/c16-11-2-5-15(18)17(9-11)6-1-7-19-12-3-4-13-14(8-12)21-10-20-13/h2-5,8-9H,1,6-7,10H2. The number of hydrogen-bond acceptors (Lipinski definition) is 4. The minimum atomic E-state index is -0.0127. The Morgan fingerprint density at radius 2 is 2.05 bits per heavy atom. The summed E-state index contributed by atoms with van der Waals surface area (Å²) in [6, 6.07) is 8.77. The van der Waals surface area contributed by atoms with Crippen molar-refractivity contribution in [2.75, 3.05) is 13.4 Å². The van der Waals surface area contributed by atoms with Crippen LogP contribution in [-0.2, 0) is 6.54 Å². The maximum atomic E-state index is 11.6. The van der Waals surface area contributed by atoms with E-state index in [-0.39, 0.29) is 12.4 Å². The van der Waals surface area contributed by atoms with Crippen LogP contribution in [0.1, 0.15) is 6.42 Å². The van der Waals surface area contributed by atoms with Crippen molar-refractivity contribution in [3.8, 4) is 17.2 Å². The summed E-state index contributed by atoms with van der Waals surface area (Å²) < 4.78 is 18.7. The highest BCUT2D eigenvalue weighted by Gasteiger charge is 2.13. The van der Waals surface area contributed by atoms with Gasteiger partial charge in [-0.1, -0.05) is 0 Å². The molecule has 0 atom stereocenters. The number of halogens is 1. The fourth-order valence-corrected chi connectivity index (χ4v) is 2.45. The van der Waals surface area contributed by atoms with Crippen LogP contribution in [0.15, 0.2) is 45.8 Å². The van der Waals surface area contributed by atoms with Crippen molar-refractivity contribution in [1.29, 1.82) is 0 Å². The second-order valence-electron chi connectivity index (χ2n) is 4.60. The topological polar surface area (TPSA) is 49.7 Å². The summed E-state index contributed by atoms with van der Waals surface area (Å²) in [5.41, 5.74) is -0.0127. The number of nitrogens with zero attached hydrogens (tertiary/aromatic N) is 1. The summed E-state index contributed by atoms with van der Waals surface area (Å²) in [6.07, 6.45) is 2.52. The van der Waals surface area contributed by atoms with Gasteiger partial charge in [-0.25, -0.2) is 0 Å². The molecule has 6 heteroatoms. The van der Waals surface area contributed by atoms with E-state index in [0.29, 0.717) is 18.9 Å². The quantitative estimate of drug-likeness (QED) is 0.777. The van der Waals surface area contributed by atoms with E-state index in [1.54, 1.807) is 22.9 Å².